The first kappa shape index (κ1) is 22.8. The first-order valence-electron chi connectivity index (χ1n) is 10.6. The number of aliphatic carboxylic acids is 1. The molecule has 0 saturated carbocycles. The summed E-state index contributed by atoms with van der Waals surface area (Å²) in [6, 6.07) is 12.1. The van der Waals surface area contributed by atoms with Crippen molar-refractivity contribution in [3.63, 3.8) is 0 Å². The van der Waals surface area contributed by atoms with Crippen molar-refractivity contribution >= 4 is 17.3 Å². The minimum Gasteiger partial charge on any atom is -0.493 e. The fraction of sp³-hybridized carbons (Fsp3) is 0.360. The van der Waals surface area contributed by atoms with Crippen molar-refractivity contribution in [3.05, 3.63) is 64.0 Å². The molecule has 0 fully saturated rings. The lowest BCUT2D eigenvalue weighted by Gasteiger charge is -2.18. The maximum Gasteiger partial charge on any atom is 0.303 e. The highest BCUT2D eigenvalue weighted by molar-refractivity contribution is 7.07. The molecule has 0 aliphatic rings. The van der Waals surface area contributed by atoms with Gasteiger partial charge in [-0.15, -0.1) is 11.3 Å². The summed E-state index contributed by atoms with van der Waals surface area (Å²) in [4.78, 5) is 15.2. The third-order valence-electron chi connectivity index (χ3n) is 5.20. The molecule has 6 heteroatoms. The van der Waals surface area contributed by atoms with Crippen molar-refractivity contribution in [3.8, 4) is 22.8 Å². The molecule has 0 unspecified atom stereocenters. The second-order valence-corrected chi connectivity index (χ2v) is 8.32. The van der Waals surface area contributed by atoms with Gasteiger partial charge in [-0.05, 0) is 67.6 Å². The van der Waals surface area contributed by atoms with Gasteiger partial charge in [-0.3, -0.25) is 4.79 Å². The van der Waals surface area contributed by atoms with Gasteiger partial charge in [-0.1, -0.05) is 19.1 Å². The number of carbonyl (C=O) groups is 1. The Morgan fingerprint density at radius 2 is 2.06 bits per heavy atom. The largest absolute Gasteiger partial charge is 0.493 e. The number of ether oxygens (including phenoxy) is 2. The number of nitrogens with zero attached hydrogens (tertiary/aromatic N) is 1. The zero-order valence-corrected chi connectivity index (χ0v) is 19.1. The Labute approximate surface area is 187 Å². The topological polar surface area (TPSA) is 68.7 Å². The maximum atomic E-state index is 10.8. The smallest absolute Gasteiger partial charge is 0.303 e. The van der Waals surface area contributed by atoms with E-state index in [1.54, 1.807) is 11.3 Å². The van der Waals surface area contributed by atoms with Crippen LogP contribution in [0.5, 0.6) is 11.5 Å². The van der Waals surface area contributed by atoms with Crippen molar-refractivity contribution < 1.29 is 19.4 Å². The summed E-state index contributed by atoms with van der Waals surface area (Å²) >= 11 is 1.58. The number of aryl methyl sites for hydroxylation is 3. The van der Waals surface area contributed by atoms with E-state index in [0.717, 1.165) is 46.7 Å². The van der Waals surface area contributed by atoms with Crippen LogP contribution in [0.4, 0.5) is 0 Å². The van der Waals surface area contributed by atoms with Gasteiger partial charge < -0.3 is 14.6 Å². The van der Waals surface area contributed by atoms with E-state index in [0.29, 0.717) is 13.0 Å². The maximum absolute atomic E-state index is 10.8. The molecule has 0 amide bonds. The zero-order valence-electron chi connectivity index (χ0n) is 18.3. The van der Waals surface area contributed by atoms with Gasteiger partial charge in [0.1, 0.15) is 11.5 Å². The van der Waals surface area contributed by atoms with Crippen LogP contribution in [0.25, 0.3) is 11.3 Å². The lowest BCUT2D eigenvalue weighted by atomic mass is 10.0. The molecule has 0 saturated heterocycles. The predicted octanol–water partition coefficient (Wildman–Crippen LogP) is 5.93. The number of carboxylic acid groups (broad SMARTS) is 1. The Morgan fingerprint density at radius 1 is 1.23 bits per heavy atom. The fourth-order valence-corrected chi connectivity index (χ4v) is 3.90. The van der Waals surface area contributed by atoms with Crippen LogP contribution >= 0.6 is 11.3 Å². The van der Waals surface area contributed by atoms with E-state index in [2.05, 4.69) is 24.0 Å². The van der Waals surface area contributed by atoms with E-state index in [-0.39, 0.29) is 12.5 Å². The summed E-state index contributed by atoms with van der Waals surface area (Å²) in [7, 11) is 0. The zero-order chi connectivity index (χ0) is 22.2. The van der Waals surface area contributed by atoms with Gasteiger partial charge in [-0.2, -0.15) is 0 Å². The van der Waals surface area contributed by atoms with Gasteiger partial charge in [-0.25, -0.2) is 4.98 Å². The standard InChI is InChI=1S/C25H29NO4S/c1-4-19-5-9-24(22(14-19)23-15-31-16-26-23)30-18(3)11-12-29-21-8-6-20(17(2)13-21)7-10-25(27)28/h5-6,8-9,13-16,18H,4,7,10-12H2,1-3H3,(H,27,28)/t18-/m0/s1. The second-order valence-electron chi connectivity index (χ2n) is 7.61. The van der Waals surface area contributed by atoms with Gasteiger partial charge >= 0.3 is 5.97 Å². The summed E-state index contributed by atoms with van der Waals surface area (Å²) in [5.41, 5.74) is 7.15. The summed E-state index contributed by atoms with van der Waals surface area (Å²) in [5, 5.41) is 10.9. The van der Waals surface area contributed by atoms with E-state index in [1.807, 2.05) is 49.0 Å². The average Bonchev–Trinajstić information content (AvgIpc) is 3.28. The van der Waals surface area contributed by atoms with Crippen LogP contribution < -0.4 is 9.47 Å². The number of rotatable bonds is 11. The Morgan fingerprint density at radius 3 is 2.74 bits per heavy atom. The number of aromatic nitrogens is 1. The van der Waals surface area contributed by atoms with Gasteiger partial charge in [0.05, 0.1) is 23.9 Å². The highest BCUT2D eigenvalue weighted by Gasteiger charge is 2.13. The van der Waals surface area contributed by atoms with E-state index in [9.17, 15) is 4.79 Å². The molecule has 1 heterocycles. The normalized spacial score (nSPS) is 11.8. The van der Waals surface area contributed by atoms with E-state index in [1.165, 1.54) is 5.56 Å². The lowest BCUT2D eigenvalue weighted by Crippen LogP contribution is -2.16. The molecule has 31 heavy (non-hydrogen) atoms. The van der Waals surface area contributed by atoms with Crippen LogP contribution in [0.3, 0.4) is 0 Å². The van der Waals surface area contributed by atoms with Crippen LogP contribution in [0.2, 0.25) is 0 Å². The summed E-state index contributed by atoms with van der Waals surface area (Å²) in [5.74, 6) is 0.851. The van der Waals surface area contributed by atoms with Crippen LogP contribution in [-0.2, 0) is 17.6 Å². The molecule has 0 aliphatic heterocycles. The first-order chi connectivity index (χ1) is 15.0. The molecule has 3 rings (SSSR count). The minimum atomic E-state index is -0.781. The average molecular weight is 440 g/mol. The van der Waals surface area contributed by atoms with Crippen molar-refractivity contribution in [2.45, 2.75) is 52.6 Å². The molecular formula is C25H29NO4S. The number of benzene rings is 2. The molecule has 0 spiro atoms. The molecule has 164 valence electrons. The quantitative estimate of drug-likeness (QED) is 0.401. The van der Waals surface area contributed by atoms with Crippen molar-refractivity contribution in [2.75, 3.05) is 6.61 Å². The molecule has 2 aromatic carbocycles. The van der Waals surface area contributed by atoms with E-state index < -0.39 is 5.97 Å². The van der Waals surface area contributed by atoms with Crippen molar-refractivity contribution in [1.82, 2.24) is 4.98 Å². The van der Waals surface area contributed by atoms with Crippen LogP contribution in [0, 0.1) is 6.92 Å². The van der Waals surface area contributed by atoms with Crippen molar-refractivity contribution in [2.24, 2.45) is 0 Å². The van der Waals surface area contributed by atoms with E-state index in [4.69, 9.17) is 14.6 Å². The van der Waals surface area contributed by atoms with Crippen LogP contribution in [0.1, 0.15) is 43.4 Å². The Balaban J connectivity index is 1.56. The lowest BCUT2D eigenvalue weighted by molar-refractivity contribution is -0.136. The molecule has 5 nitrogen and oxygen atoms in total. The van der Waals surface area contributed by atoms with Crippen LogP contribution in [0.15, 0.2) is 47.3 Å². The molecule has 0 radical (unpaired) electrons. The monoisotopic (exact) mass is 439 g/mol. The highest BCUT2D eigenvalue weighted by atomic mass is 32.1. The minimum absolute atomic E-state index is 0.0131. The van der Waals surface area contributed by atoms with Gasteiger partial charge in [0.2, 0.25) is 0 Å². The summed E-state index contributed by atoms with van der Waals surface area (Å²) < 4.78 is 12.1. The molecule has 0 bridgehead atoms. The Bertz CT molecular complexity index is 1000. The molecular weight excluding hydrogens is 410 g/mol. The molecule has 3 aromatic rings. The fourth-order valence-electron chi connectivity index (χ4n) is 3.34. The Hall–Kier alpha value is -2.86. The third kappa shape index (κ3) is 6.56. The number of hydrogen-bond donors (Lipinski definition) is 1. The van der Waals surface area contributed by atoms with Crippen LogP contribution in [-0.4, -0.2) is 28.8 Å². The summed E-state index contributed by atoms with van der Waals surface area (Å²) in [6.45, 7) is 6.70. The molecule has 1 N–H and O–H groups in total. The predicted molar refractivity (Wildman–Crippen MR) is 124 cm³/mol. The number of carboxylic acids is 1. The van der Waals surface area contributed by atoms with Gasteiger partial charge in [0.25, 0.3) is 0 Å². The summed E-state index contributed by atoms with van der Waals surface area (Å²) in [6.07, 6.45) is 2.37. The Kier molecular flexibility index (Phi) is 8.06. The third-order valence-corrected chi connectivity index (χ3v) is 5.79. The highest BCUT2D eigenvalue weighted by Crippen LogP contribution is 2.32. The van der Waals surface area contributed by atoms with Gasteiger partial charge in [0, 0.05) is 23.8 Å². The van der Waals surface area contributed by atoms with Crippen molar-refractivity contribution in [1.29, 1.82) is 0 Å². The number of thiazole rings is 1. The first-order valence-corrected chi connectivity index (χ1v) is 11.5. The van der Waals surface area contributed by atoms with Gasteiger partial charge in [0.15, 0.2) is 0 Å². The SMILES string of the molecule is CCc1ccc(O[C@@H](C)CCOc2ccc(CCC(=O)O)c(C)c2)c(-c2cscn2)c1. The van der Waals surface area contributed by atoms with E-state index >= 15 is 0 Å². The second kappa shape index (κ2) is 11.0. The molecule has 0 aliphatic carbocycles. The molecule has 1 atom stereocenters. The molecule has 1 aromatic heterocycles. The number of hydrogen-bond acceptors (Lipinski definition) is 5.